The van der Waals surface area contributed by atoms with Crippen LogP contribution < -0.4 is 0 Å². The number of phosphoric ester groups is 2. The lowest BCUT2D eigenvalue weighted by Crippen LogP contribution is -2.30. The lowest BCUT2D eigenvalue weighted by molar-refractivity contribution is -0.161. The summed E-state index contributed by atoms with van der Waals surface area (Å²) in [6.45, 7) is 14.1. The molecule has 7 atom stereocenters. The molecule has 4 unspecified atom stereocenters. The molecule has 0 aliphatic heterocycles. The predicted octanol–water partition coefficient (Wildman–Crippen LogP) is 18.9. The van der Waals surface area contributed by atoms with Crippen molar-refractivity contribution >= 4 is 39.5 Å². The van der Waals surface area contributed by atoms with Crippen LogP contribution in [0.2, 0.25) is 0 Å². The van der Waals surface area contributed by atoms with Crippen molar-refractivity contribution in [3.05, 3.63) is 0 Å². The van der Waals surface area contributed by atoms with Gasteiger partial charge < -0.3 is 33.8 Å². The van der Waals surface area contributed by atoms with Gasteiger partial charge in [-0.05, 0) is 49.4 Å². The molecular formula is C68H132O17P2. The molecule has 0 rings (SSSR count). The fourth-order valence-electron chi connectivity index (χ4n) is 10.1. The molecule has 0 aliphatic carbocycles. The third kappa shape index (κ3) is 60.1. The number of carbonyl (C=O) groups is 4. The van der Waals surface area contributed by atoms with Crippen LogP contribution in [0.1, 0.15) is 331 Å². The van der Waals surface area contributed by atoms with Gasteiger partial charge in [-0.15, -0.1) is 0 Å². The van der Waals surface area contributed by atoms with Crippen LogP contribution in [0.25, 0.3) is 0 Å². The Labute approximate surface area is 530 Å². The van der Waals surface area contributed by atoms with Crippen LogP contribution in [0.4, 0.5) is 0 Å². The van der Waals surface area contributed by atoms with E-state index >= 15 is 0 Å². The lowest BCUT2D eigenvalue weighted by atomic mass is 9.99. The van der Waals surface area contributed by atoms with Crippen molar-refractivity contribution in [2.24, 2.45) is 23.7 Å². The van der Waals surface area contributed by atoms with E-state index in [0.717, 1.165) is 114 Å². The molecule has 0 heterocycles. The minimum Gasteiger partial charge on any atom is -0.462 e. The second kappa shape index (κ2) is 57.9. The second-order valence-electron chi connectivity index (χ2n) is 26.0. The zero-order valence-electron chi connectivity index (χ0n) is 56.6. The maximum Gasteiger partial charge on any atom is 0.472 e. The highest BCUT2D eigenvalue weighted by molar-refractivity contribution is 7.47. The first-order chi connectivity index (χ1) is 41.7. The Morgan fingerprint density at radius 2 is 0.552 bits per heavy atom. The van der Waals surface area contributed by atoms with E-state index in [1.54, 1.807) is 0 Å². The molecule has 0 fully saturated rings. The first-order valence-electron chi connectivity index (χ1n) is 35.3. The number of rotatable bonds is 65. The van der Waals surface area contributed by atoms with Gasteiger partial charge in [-0.3, -0.25) is 37.3 Å². The molecule has 0 bridgehead atoms. The summed E-state index contributed by atoms with van der Waals surface area (Å²) in [5.41, 5.74) is 0. The highest BCUT2D eigenvalue weighted by atomic mass is 31.2. The van der Waals surface area contributed by atoms with E-state index in [1.165, 1.54) is 128 Å². The molecule has 3 N–H and O–H groups in total. The molecule has 0 aliphatic rings. The van der Waals surface area contributed by atoms with Gasteiger partial charge in [0, 0.05) is 25.7 Å². The van der Waals surface area contributed by atoms with E-state index < -0.39 is 97.5 Å². The standard InChI is InChI=1S/C68H132O17P2/c1-9-60(7)46-38-30-21-15-11-12-16-24-34-42-50-67(72)85-64(55-79-66(71)49-41-33-27-26-29-37-45-59(5)6)57-83-87(76,77)81-53-62(69)52-80-86(74,75)82-56-63(84-68(73)51-43-35-25-17-13-14-20-28-36-44-58(3)4)54-78-65(70)48-40-32-23-19-18-22-31-39-47-61(8)10-2/h58-64,69H,9-57H2,1-8H3,(H,74,75)(H,76,77)/t60?,61?,62-,63-,64-/m1/s1. The Morgan fingerprint density at radius 3 is 0.816 bits per heavy atom. The molecule has 0 aromatic heterocycles. The summed E-state index contributed by atoms with van der Waals surface area (Å²) in [4.78, 5) is 72.4. The van der Waals surface area contributed by atoms with Gasteiger partial charge in [-0.2, -0.15) is 0 Å². The van der Waals surface area contributed by atoms with Gasteiger partial charge in [-0.1, -0.05) is 280 Å². The predicted molar refractivity (Wildman–Crippen MR) is 349 cm³/mol. The number of aliphatic hydroxyl groups is 1. The summed E-state index contributed by atoms with van der Waals surface area (Å²) in [5.74, 6) is 0.862. The van der Waals surface area contributed by atoms with Gasteiger partial charge >= 0.3 is 39.5 Å². The fraction of sp³-hybridized carbons (Fsp3) is 0.941. The Kier molecular flexibility index (Phi) is 56.6. The minimum absolute atomic E-state index is 0.104. The number of aliphatic hydroxyl groups excluding tert-OH is 1. The number of hydrogen-bond acceptors (Lipinski definition) is 15. The largest absolute Gasteiger partial charge is 0.472 e. The zero-order valence-corrected chi connectivity index (χ0v) is 58.4. The van der Waals surface area contributed by atoms with E-state index in [-0.39, 0.29) is 25.7 Å². The Balaban J connectivity index is 5.26. The van der Waals surface area contributed by atoms with Gasteiger partial charge in [0.1, 0.15) is 19.3 Å². The quantitative estimate of drug-likeness (QED) is 0.0222. The average molecular weight is 1280 g/mol. The number of hydrogen-bond donors (Lipinski definition) is 3. The first kappa shape index (κ1) is 85.1. The Morgan fingerprint density at radius 1 is 0.322 bits per heavy atom. The number of phosphoric acid groups is 2. The maximum atomic E-state index is 13.0. The highest BCUT2D eigenvalue weighted by Gasteiger charge is 2.30. The van der Waals surface area contributed by atoms with Gasteiger partial charge in [0.05, 0.1) is 26.4 Å². The van der Waals surface area contributed by atoms with Crippen molar-refractivity contribution in [2.45, 2.75) is 350 Å². The summed E-state index contributed by atoms with van der Waals surface area (Å²) in [5, 5.41) is 10.6. The van der Waals surface area contributed by atoms with Gasteiger partial charge in [-0.25, -0.2) is 9.13 Å². The van der Waals surface area contributed by atoms with E-state index in [4.69, 9.17) is 37.0 Å². The average Bonchev–Trinajstić information content (AvgIpc) is 3.70. The molecule has 87 heavy (non-hydrogen) atoms. The van der Waals surface area contributed by atoms with Crippen LogP contribution in [0.15, 0.2) is 0 Å². The molecular weight excluding hydrogens is 1150 g/mol. The summed E-state index contributed by atoms with van der Waals surface area (Å²) in [6, 6.07) is 0. The summed E-state index contributed by atoms with van der Waals surface area (Å²) < 4.78 is 68.2. The van der Waals surface area contributed by atoms with Crippen LogP contribution in [-0.4, -0.2) is 96.7 Å². The maximum absolute atomic E-state index is 13.0. The normalized spacial score (nSPS) is 15.0. The van der Waals surface area contributed by atoms with E-state index in [0.29, 0.717) is 31.6 Å². The second-order valence-corrected chi connectivity index (χ2v) is 28.9. The number of esters is 4. The first-order valence-corrected chi connectivity index (χ1v) is 38.3. The van der Waals surface area contributed by atoms with Crippen LogP contribution in [0.3, 0.4) is 0 Å². The monoisotopic (exact) mass is 1280 g/mol. The number of ether oxygens (including phenoxy) is 4. The van der Waals surface area contributed by atoms with Crippen molar-refractivity contribution in [1.29, 1.82) is 0 Å². The molecule has 0 aromatic carbocycles. The van der Waals surface area contributed by atoms with Crippen molar-refractivity contribution < 1.29 is 80.2 Å². The molecule has 0 saturated heterocycles. The third-order valence-corrected chi connectivity index (χ3v) is 18.2. The zero-order chi connectivity index (χ0) is 64.7. The number of carbonyl (C=O) groups excluding carboxylic acids is 4. The van der Waals surface area contributed by atoms with Crippen LogP contribution in [-0.2, 0) is 65.4 Å². The fourth-order valence-corrected chi connectivity index (χ4v) is 11.7. The summed E-state index contributed by atoms with van der Waals surface area (Å²) in [7, 11) is -9.90. The SMILES string of the molecule is CCC(C)CCCCCCCCCCCCC(=O)O[C@H](COC(=O)CCCCCCCCC(C)C)COP(=O)(O)OC[C@H](O)COP(=O)(O)OC[C@@H](COC(=O)CCCCCCCCCCC(C)CC)OC(=O)CCCCCCCCCCCC(C)C. The minimum atomic E-state index is -4.95. The van der Waals surface area contributed by atoms with Crippen LogP contribution >= 0.6 is 15.6 Å². The topological polar surface area (TPSA) is 237 Å². The molecule has 17 nitrogen and oxygen atoms in total. The van der Waals surface area contributed by atoms with Crippen LogP contribution in [0, 0.1) is 23.7 Å². The smallest absolute Gasteiger partial charge is 0.462 e. The van der Waals surface area contributed by atoms with Gasteiger partial charge in [0.25, 0.3) is 0 Å². The van der Waals surface area contributed by atoms with E-state index in [9.17, 15) is 43.2 Å². The molecule has 0 aromatic rings. The van der Waals surface area contributed by atoms with Gasteiger partial charge in [0.15, 0.2) is 12.2 Å². The molecule has 19 heteroatoms. The van der Waals surface area contributed by atoms with Gasteiger partial charge in [0.2, 0.25) is 0 Å². The Bertz CT molecular complexity index is 1730. The lowest BCUT2D eigenvalue weighted by Gasteiger charge is -2.21. The van der Waals surface area contributed by atoms with Crippen molar-refractivity contribution in [2.75, 3.05) is 39.6 Å². The van der Waals surface area contributed by atoms with E-state index in [1.807, 2.05) is 0 Å². The number of unbranched alkanes of at least 4 members (excludes halogenated alkanes) is 29. The highest BCUT2D eigenvalue weighted by Crippen LogP contribution is 2.45. The van der Waals surface area contributed by atoms with Crippen LogP contribution in [0.5, 0.6) is 0 Å². The van der Waals surface area contributed by atoms with E-state index in [2.05, 4.69) is 55.4 Å². The molecule has 0 saturated carbocycles. The molecule has 0 amide bonds. The van der Waals surface area contributed by atoms with Crippen molar-refractivity contribution in [1.82, 2.24) is 0 Å². The Hall–Kier alpha value is -1.94. The van der Waals surface area contributed by atoms with Crippen molar-refractivity contribution in [3.63, 3.8) is 0 Å². The molecule has 0 radical (unpaired) electrons. The molecule has 516 valence electrons. The van der Waals surface area contributed by atoms with Crippen molar-refractivity contribution in [3.8, 4) is 0 Å². The summed E-state index contributed by atoms with van der Waals surface area (Å²) in [6.07, 6.45) is 38.9. The third-order valence-electron chi connectivity index (χ3n) is 16.3. The summed E-state index contributed by atoms with van der Waals surface area (Å²) >= 11 is 0. The molecule has 0 spiro atoms.